The number of carbonyl (C=O) groups is 3. The van der Waals surface area contributed by atoms with Crippen molar-refractivity contribution in [3.63, 3.8) is 0 Å². The second-order valence-electron chi connectivity index (χ2n) is 7.27. The first-order valence-corrected chi connectivity index (χ1v) is 9.51. The summed E-state index contributed by atoms with van der Waals surface area (Å²) in [7, 11) is 0. The van der Waals surface area contributed by atoms with E-state index < -0.39 is 18.0 Å². The van der Waals surface area contributed by atoms with Gasteiger partial charge in [-0.05, 0) is 45.1 Å². The maximum Gasteiger partial charge on any atom is 0.490 e. The Morgan fingerprint density at radius 2 is 1.90 bits per heavy atom. The maximum absolute atomic E-state index is 13.6. The predicted octanol–water partition coefficient (Wildman–Crippen LogP) is 2.91. The summed E-state index contributed by atoms with van der Waals surface area (Å²) in [4.78, 5) is 38.7. The molecule has 0 aromatic carbocycles. The summed E-state index contributed by atoms with van der Waals surface area (Å²) in [6.45, 7) is 2.77. The number of amides is 2. The molecular weight excluding hydrogens is 410 g/mol. The van der Waals surface area contributed by atoms with Crippen LogP contribution in [0.4, 0.5) is 17.6 Å². The number of hydrogen-bond donors (Lipinski definition) is 2. The zero-order valence-corrected chi connectivity index (χ0v) is 16.3. The van der Waals surface area contributed by atoms with Crippen molar-refractivity contribution in [2.24, 2.45) is 0 Å². The molecule has 1 saturated carbocycles. The van der Waals surface area contributed by atoms with Gasteiger partial charge in [-0.25, -0.2) is 9.18 Å². The second kappa shape index (κ2) is 9.40. The van der Waals surface area contributed by atoms with Crippen molar-refractivity contribution < 1.29 is 37.1 Å². The Labute approximate surface area is 170 Å². The van der Waals surface area contributed by atoms with Crippen LogP contribution >= 0.6 is 0 Å². The van der Waals surface area contributed by atoms with Crippen LogP contribution in [0.1, 0.15) is 55.8 Å². The van der Waals surface area contributed by atoms with E-state index in [-0.39, 0.29) is 29.0 Å². The van der Waals surface area contributed by atoms with Gasteiger partial charge in [0, 0.05) is 30.7 Å². The lowest BCUT2D eigenvalue weighted by Gasteiger charge is -2.43. The lowest BCUT2D eigenvalue weighted by Crippen LogP contribution is -2.51. The lowest BCUT2D eigenvalue weighted by atomic mass is 9.77. The van der Waals surface area contributed by atoms with Gasteiger partial charge < -0.3 is 15.3 Å². The van der Waals surface area contributed by atoms with Crippen LogP contribution < -0.4 is 5.32 Å². The van der Waals surface area contributed by atoms with Crippen LogP contribution in [0.25, 0.3) is 0 Å². The molecule has 2 fully saturated rings. The summed E-state index contributed by atoms with van der Waals surface area (Å²) in [6.07, 6.45) is 2.37. The summed E-state index contributed by atoms with van der Waals surface area (Å²) in [6, 6.07) is 1.43. The molecule has 0 radical (unpaired) electrons. The van der Waals surface area contributed by atoms with E-state index in [0.29, 0.717) is 6.42 Å². The highest BCUT2D eigenvalue weighted by molar-refractivity contribution is 5.94. The van der Waals surface area contributed by atoms with Gasteiger partial charge in [-0.3, -0.25) is 14.6 Å². The average molecular weight is 433 g/mol. The summed E-state index contributed by atoms with van der Waals surface area (Å²) in [5.41, 5.74) is 0.0149. The van der Waals surface area contributed by atoms with Crippen LogP contribution in [-0.4, -0.2) is 57.1 Å². The molecular formula is C19H23F4N3O4. The van der Waals surface area contributed by atoms with Crippen molar-refractivity contribution in [2.75, 3.05) is 6.54 Å². The number of carbonyl (C=O) groups excluding carboxylic acids is 2. The third-order valence-corrected chi connectivity index (χ3v) is 5.51. The molecule has 1 aliphatic carbocycles. The first-order chi connectivity index (χ1) is 14.0. The summed E-state index contributed by atoms with van der Waals surface area (Å²) in [5, 5.41) is 10.0. The fraction of sp³-hybridized carbons (Fsp3) is 0.579. The van der Waals surface area contributed by atoms with Crippen molar-refractivity contribution in [2.45, 2.75) is 63.2 Å². The van der Waals surface area contributed by atoms with E-state index in [1.807, 2.05) is 11.8 Å². The smallest absolute Gasteiger partial charge is 0.475 e. The quantitative estimate of drug-likeness (QED) is 0.714. The van der Waals surface area contributed by atoms with E-state index in [1.165, 1.54) is 12.3 Å². The number of aromatic nitrogens is 1. The Morgan fingerprint density at radius 1 is 1.30 bits per heavy atom. The Bertz CT molecular complexity index is 792. The molecule has 2 aliphatic rings. The standard InChI is InChI=1S/C17H22FN3O2.C2HF3O2/c1-2-21-15(22)5-9-17(21)7-3-12(4-8-17)20-16(23)13-6-10-19-11-14(13)18;3-2(4,5)1(6)7/h6,10-12H,2-5,7-9H2,1H3,(H,20,23);(H,6,7). The number of carboxylic acid groups (broad SMARTS) is 1. The zero-order valence-electron chi connectivity index (χ0n) is 16.3. The van der Waals surface area contributed by atoms with E-state index in [0.717, 1.165) is 44.8 Å². The summed E-state index contributed by atoms with van der Waals surface area (Å²) >= 11 is 0. The van der Waals surface area contributed by atoms with Gasteiger partial charge in [0.1, 0.15) is 0 Å². The van der Waals surface area contributed by atoms with Crippen molar-refractivity contribution in [3.05, 3.63) is 29.8 Å². The van der Waals surface area contributed by atoms with E-state index >= 15 is 0 Å². The third kappa shape index (κ3) is 5.45. The Morgan fingerprint density at radius 3 is 2.40 bits per heavy atom. The molecule has 30 heavy (non-hydrogen) atoms. The van der Waals surface area contributed by atoms with Crippen LogP contribution in [0.15, 0.2) is 18.5 Å². The molecule has 2 amide bonds. The number of nitrogens with one attached hydrogen (secondary N) is 1. The van der Waals surface area contributed by atoms with Gasteiger partial charge in [0.2, 0.25) is 5.91 Å². The van der Waals surface area contributed by atoms with Gasteiger partial charge in [-0.15, -0.1) is 0 Å². The molecule has 2 N–H and O–H groups in total. The second-order valence-corrected chi connectivity index (χ2v) is 7.27. The number of hydrogen-bond acceptors (Lipinski definition) is 4. The van der Waals surface area contributed by atoms with Crippen LogP contribution in [-0.2, 0) is 9.59 Å². The normalized spacial score (nSPS) is 23.7. The minimum Gasteiger partial charge on any atom is -0.475 e. The average Bonchev–Trinajstić information content (AvgIpc) is 2.99. The Kier molecular flexibility index (Phi) is 7.38. The van der Waals surface area contributed by atoms with E-state index in [4.69, 9.17) is 9.90 Å². The molecule has 11 heteroatoms. The SMILES string of the molecule is CCN1C(=O)CCC12CCC(NC(=O)c1ccncc1F)CC2.O=C(O)C(F)(F)F. The number of likely N-dealkylation sites (tertiary alicyclic amines) is 1. The minimum atomic E-state index is -5.08. The molecule has 0 bridgehead atoms. The zero-order chi connectivity index (χ0) is 22.5. The Hall–Kier alpha value is -2.72. The largest absolute Gasteiger partial charge is 0.490 e. The van der Waals surface area contributed by atoms with Gasteiger partial charge in [-0.1, -0.05) is 0 Å². The van der Waals surface area contributed by atoms with Gasteiger partial charge in [0.05, 0.1) is 11.8 Å². The van der Waals surface area contributed by atoms with E-state index in [9.17, 15) is 27.2 Å². The number of pyridine rings is 1. The van der Waals surface area contributed by atoms with E-state index in [1.54, 1.807) is 0 Å². The molecule has 1 aromatic heterocycles. The van der Waals surface area contributed by atoms with Crippen LogP contribution in [0.5, 0.6) is 0 Å². The number of halogens is 4. The molecule has 2 heterocycles. The monoisotopic (exact) mass is 433 g/mol. The van der Waals surface area contributed by atoms with E-state index in [2.05, 4.69) is 10.3 Å². The first kappa shape index (κ1) is 23.6. The fourth-order valence-corrected chi connectivity index (χ4v) is 4.03. The lowest BCUT2D eigenvalue weighted by molar-refractivity contribution is -0.192. The van der Waals surface area contributed by atoms with Gasteiger partial charge in [0.15, 0.2) is 5.82 Å². The van der Waals surface area contributed by atoms with Gasteiger partial charge in [-0.2, -0.15) is 13.2 Å². The first-order valence-electron chi connectivity index (χ1n) is 9.51. The summed E-state index contributed by atoms with van der Waals surface area (Å²) in [5.74, 6) is -3.50. The molecule has 0 unspecified atom stereocenters. The number of carboxylic acids is 1. The summed E-state index contributed by atoms with van der Waals surface area (Å²) < 4.78 is 45.3. The molecule has 7 nitrogen and oxygen atoms in total. The van der Waals surface area contributed by atoms with Crippen molar-refractivity contribution in [3.8, 4) is 0 Å². The number of alkyl halides is 3. The highest BCUT2D eigenvalue weighted by Gasteiger charge is 2.46. The highest BCUT2D eigenvalue weighted by atomic mass is 19.4. The van der Waals surface area contributed by atoms with Crippen LogP contribution in [0.2, 0.25) is 0 Å². The molecule has 166 valence electrons. The molecule has 3 rings (SSSR count). The van der Waals surface area contributed by atoms with Gasteiger partial charge >= 0.3 is 12.1 Å². The molecule has 1 aliphatic heterocycles. The van der Waals surface area contributed by atoms with Crippen LogP contribution in [0.3, 0.4) is 0 Å². The molecule has 1 spiro atoms. The fourth-order valence-electron chi connectivity index (χ4n) is 4.03. The van der Waals surface area contributed by atoms with Crippen LogP contribution in [0, 0.1) is 5.82 Å². The minimum absolute atomic E-state index is 0.0189. The van der Waals surface area contributed by atoms with Gasteiger partial charge in [0.25, 0.3) is 5.91 Å². The maximum atomic E-state index is 13.6. The molecule has 1 aromatic rings. The Balaban J connectivity index is 0.000000396. The van der Waals surface area contributed by atoms with Crippen molar-refractivity contribution in [1.29, 1.82) is 0 Å². The van der Waals surface area contributed by atoms with Crippen molar-refractivity contribution in [1.82, 2.24) is 15.2 Å². The topological polar surface area (TPSA) is 99.6 Å². The molecule has 0 atom stereocenters. The third-order valence-electron chi connectivity index (χ3n) is 5.51. The molecule has 1 saturated heterocycles. The predicted molar refractivity (Wildman–Crippen MR) is 97.0 cm³/mol. The number of aliphatic carboxylic acids is 1. The number of rotatable bonds is 3. The highest BCUT2D eigenvalue weighted by Crippen LogP contribution is 2.42. The number of nitrogens with zero attached hydrogens (tertiary/aromatic N) is 2. The van der Waals surface area contributed by atoms with Crippen molar-refractivity contribution >= 4 is 17.8 Å².